The second kappa shape index (κ2) is 7.19. The van der Waals surface area contributed by atoms with Crippen LogP contribution in [0.5, 0.6) is 0 Å². The van der Waals surface area contributed by atoms with Gasteiger partial charge in [-0.1, -0.05) is 41.1 Å². The Hall–Kier alpha value is -2.22. The van der Waals surface area contributed by atoms with Crippen LogP contribution in [-0.4, -0.2) is 25.1 Å². The van der Waals surface area contributed by atoms with Crippen molar-refractivity contribution in [1.82, 2.24) is 4.57 Å². The number of carbonyl (C=O) groups is 1. The van der Waals surface area contributed by atoms with Crippen LogP contribution in [0.2, 0.25) is 5.02 Å². The van der Waals surface area contributed by atoms with Crippen LogP contribution in [0.1, 0.15) is 10.4 Å². The number of carbonyl (C=O) groups excluding carboxylic acids is 1. The molecule has 134 valence electrons. The molecule has 0 saturated heterocycles. The average molecular weight is 407 g/mol. The summed E-state index contributed by atoms with van der Waals surface area (Å²) in [5.74, 6) is -0.455. The fraction of sp³-hybridized carbons (Fsp3) is 0.111. The van der Waals surface area contributed by atoms with Gasteiger partial charge >= 0.3 is 0 Å². The first-order chi connectivity index (χ1) is 12.3. The first-order valence-electron chi connectivity index (χ1n) is 7.59. The first-order valence-corrected chi connectivity index (χ1v) is 10.7. The second-order valence-electron chi connectivity index (χ2n) is 5.58. The Kier molecular flexibility index (Phi) is 5.13. The molecule has 0 saturated carbocycles. The third kappa shape index (κ3) is 3.65. The maximum Gasteiger partial charge on any atom is 0.281 e. The van der Waals surface area contributed by atoms with Gasteiger partial charge in [-0.2, -0.15) is 4.99 Å². The first kappa shape index (κ1) is 18.6. The number of aromatic nitrogens is 1. The van der Waals surface area contributed by atoms with Crippen LogP contribution in [0, 0.1) is 0 Å². The molecule has 0 unspecified atom stereocenters. The highest BCUT2D eigenvalue weighted by Crippen LogP contribution is 2.22. The zero-order chi connectivity index (χ0) is 18.9. The van der Waals surface area contributed by atoms with Gasteiger partial charge in [0.15, 0.2) is 14.6 Å². The highest BCUT2D eigenvalue weighted by Gasteiger charge is 2.13. The zero-order valence-electron chi connectivity index (χ0n) is 13.8. The number of rotatable bonds is 4. The van der Waals surface area contributed by atoms with Crippen molar-refractivity contribution >= 4 is 48.9 Å². The van der Waals surface area contributed by atoms with Gasteiger partial charge in [-0.05, 0) is 30.3 Å². The molecule has 0 spiro atoms. The number of hydrogen-bond acceptors (Lipinski definition) is 4. The molecule has 1 aromatic heterocycles. The normalized spacial score (nSPS) is 12.5. The van der Waals surface area contributed by atoms with Gasteiger partial charge in [-0.25, -0.2) is 8.42 Å². The van der Waals surface area contributed by atoms with E-state index >= 15 is 0 Å². The highest BCUT2D eigenvalue weighted by atomic mass is 35.5. The molecule has 26 heavy (non-hydrogen) atoms. The van der Waals surface area contributed by atoms with Crippen LogP contribution < -0.4 is 4.80 Å². The Morgan fingerprint density at radius 1 is 1.31 bits per heavy atom. The molecule has 8 heteroatoms. The van der Waals surface area contributed by atoms with Crippen LogP contribution in [0.4, 0.5) is 0 Å². The molecule has 1 amide bonds. The summed E-state index contributed by atoms with van der Waals surface area (Å²) in [5.41, 5.74) is 1.10. The summed E-state index contributed by atoms with van der Waals surface area (Å²) in [7, 11) is -3.32. The summed E-state index contributed by atoms with van der Waals surface area (Å²) < 4.78 is 26.1. The average Bonchev–Trinajstić information content (AvgIpc) is 2.91. The third-order valence-corrected chi connectivity index (χ3v) is 6.18. The molecule has 3 aromatic rings. The maximum absolute atomic E-state index is 12.5. The van der Waals surface area contributed by atoms with Crippen molar-refractivity contribution in [3.63, 3.8) is 0 Å². The minimum Gasteiger partial charge on any atom is -0.312 e. The number of benzene rings is 2. The Bertz CT molecular complexity index is 1190. The van der Waals surface area contributed by atoms with Gasteiger partial charge in [-0.15, -0.1) is 6.58 Å². The Balaban J connectivity index is 2.21. The smallest absolute Gasteiger partial charge is 0.281 e. The van der Waals surface area contributed by atoms with Gasteiger partial charge in [-0.3, -0.25) is 4.79 Å². The van der Waals surface area contributed by atoms with Gasteiger partial charge in [0.1, 0.15) is 0 Å². The molecule has 5 nitrogen and oxygen atoms in total. The van der Waals surface area contributed by atoms with E-state index in [-0.39, 0.29) is 4.90 Å². The van der Waals surface area contributed by atoms with Crippen molar-refractivity contribution < 1.29 is 13.2 Å². The predicted octanol–water partition coefficient (Wildman–Crippen LogP) is 3.69. The van der Waals surface area contributed by atoms with Crippen LogP contribution in [-0.2, 0) is 16.4 Å². The SMILES string of the molecule is C=CCn1c(=NC(=O)c2ccccc2Cl)sc2cc(S(C)(=O)=O)ccc21. The molecule has 3 rings (SSSR count). The van der Waals surface area contributed by atoms with E-state index in [9.17, 15) is 13.2 Å². The van der Waals surface area contributed by atoms with Gasteiger partial charge in [0, 0.05) is 12.8 Å². The van der Waals surface area contributed by atoms with Crippen molar-refractivity contribution in [2.45, 2.75) is 11.4 Å². The van der Waals surface area contributed by atoms with Crippen LogP contribution in [0.3, 0.4) is 0 Å². The predicted molar refractivity (Wildman–Crippen MR) is 104 cm³/mol. The van der Waals surface area contributed by atoms with Gasteiger partial charge in [0.25, 0.3) is 5.91 Å². The second-order valence-corrected chi connectivity index (χ2v) is 9.01. The van der Waals surface area contributed by atoms with E-state index < -0.39 is 15.7 Å². The van der Waals surface area contributed by atoms with Gasteiger partial charge in [0.2, 0.25) is 0 Å². The van der Waals surface area contributed by atoms with Crippen molar-refractivity contribution in [3.05, 3.63) is 70.5 Å². The molecule has 0 bridgehead atoms. The molecule has 0 aliphatic rings. The molecule has 0 fully saturated rings. The zero-order valence-corrected chi connectivity index (χ0v) is 16.2. The highest BCUT2D eigenvalue weighted by molar-refractivity contribution is 7.90. The Morgan fingerprint density at radius 2 is 2.04 bits per heavy atom. The number of fused-ring (bicyclic) bond motifs is 1. The standard InChI is InChI=1S/C18H15ClN2O3S2/c1-3-10-21-15-9-8-12(26(2,23)24)11-16(15)25-18(21)20-17(22)13-6-4-5-7-14(13)19/h3-9,11H,1,10H2,2H3. The largest absolute Gasteiger partial charge is 0.312 e. The number of halogens is 1. The van der Waals surface area contributed by atoms with Crippen molar-refractivity contribution in [1.29, 1.82) is 0 Å². The lowest BCUT2D eigenvalue weighted by molar-refractivity contribution is 0.0998. The molecule has 2 aromatic carbocycles. The van der Waals surface area contributed by atoms with Crippen LogP contribution in [0.25, 0.3) is 10.2 Å². The fourth-order valence-corrected chi connectivity index (χ4v) is 4.47. The van der Waals surface area contributed by atoms with E-state index in [0.717, 1.165) is 16.5 Å². The quantitative estimate of drug-likeness (QED) is 0.620. The summed E-state index contributed by atoms with van der Waals surface area (Å²) in [6, 6.07) is 11.5. The minimum atomic E-state index is -3.32. The lowest BCUT2D eigenvalue weighted by atomic mass is 10.2. The summed E-state index contributed by atoms with van der Waals surface area (Å²) in [6.07, 6.45) is 2.85. The molecule has 0 N–H and O–H groups in total. The van der Waals surface area contributed by atoms with E-state index in [2.05, 4.69) is 11.6 Å². The number of thiazole rings is 1. The molecule has 0 atom stereocenters. The summed E-state index contributed by atoms with van der Waals surface area (Å²) in [6.45, 7) is 4.17. The Morgan fingerprint density at radius 3 is 2.69 bits per heavy atom. The van der Waals surface area contributed by atoms with Crippen molar-refractivity contribution in [2.75, 3.05) is 6.26 Å². The summed E-state index contributed by atoms with van der Waals surface area (Å²) in [4.78, 5) is 17.4. The number of sulfone groups is 1. The van der Waals surface area contributed by atoms with Gasteiger partial charge < -0.3 is 4.57 Å². The van der Waals surface area contributed by atoms with Crippen LogP contribution in [0.15, 0.2) is 65.0 Å². The maximum atomic E-state index is 12.5. The summed E-state index contributed by atoms with van der Waals surface area (Å²) in [5, 5.41) is 0.331. The Labute approximate surface area is 159 Å². The molecule has 1 heterocycles. The van der Waals surface area contributed by atoms with E-state index in [4.69, 9.17) is 11.6 Å². The lowest BCUT2D eigenvalue weighted by Crippen LogP contribution is -2.16. The molecule has 0 radical (unpaired) electrons. The lowest BCUT2D eigenvalue weighted by Gasteiger charge is -2.02. The van der Waals surface area contributed by atoms with Crippen molar-refractivity contribution in [2.24, 2.45) is 4.99 Å². The molecule has 0 aliphatic heterocycles. The van der Waals surface area contributed by atoms with E-state index in [1.807, 2.05) is 4.57 Å². The van der Waals surface area contributed by atoms with E-state index in [1.54, 1.807) is 48.5 Å². The minimum absolute atomic E-state index is 0.223. The molecular weight excluding hydrogens is 392 g/mol. The number of hydrogen-bond donors (Lipinski definition) is 0. The third-order valence-electron chi connectivity index (χ3n) is 3.70. The monoisotopic (exact) mass is 406 g/mol. The van der Waals surface area contributed by atoms with Crippen LogP contribution >= 0.6 is 22.9 Å². The van der Waals surface area contributed by atoms with E-state index in [1.165, 1.54) is 11.3 Å². The number of nitrogens with zero attached hydrogens (tertiary/aromatic N) is 2. The number of allylic oxidation sites excluding steroid dienone is 1. The summed E-state index contributed by atoms with van der Waals surface area (Å²) >= 11 is 7.31. The topological polar surface area (TPSA) is 68.5 Å². The van der Waals surface area contributed by atoms with E-state index in [0.29, 0.717) is 21.9 Å². The molecule has 0 aliphatic carbocycles. The van der Waals surface area contributed by atoms with Gasteiger partial charge in [0.05, 0.1) is 25.7 Å². The fourth-order valence-electron chi connectivity index (χ4n) is 2.46. The molecular formula is C18H15ClN2O3S2. The van der Waals surface area contributed by atoms with Crippen molar-refractivity contribution in [3.8, 4) is 0 Å². The number of amides is 1.